The highest BCUT2D eigenvalue weighted by molar-refractivity contribution is 7.91. The van der Waals surface area contributed by atoms with E-state index in [0.717, 1.165) is 30.8 Å². The first-order chi connectivity index (χ1) is 8.95. The van der Waals surface area contributed by atoms with E-state index >= 15 is 0 Å². The predicted molar refractivity (Wildman–Crippen MR) is 75.2 cm³/mol. The predicted octanol–water partition coefficient (Wildman–Crippen LogP) is 1.62. The molecule has 19 heavy (non-hydrogen) atoms. The molecule has 1 aromatic rings. The zero-order chi connectivity index (χ0) is 13.6. The van der Waals surface area contributed by atoms with Crippen LogP contribution in [0.15, 0.2) is 4.21 Å². The Balaban J connectivity index is 1.70. The van der Waals surface area contributed by atoms with Crippen molar-refractivity contribution in [1.82, 2.24) is 14.6 Å². The van der Waals surface area contributed by atoms with E-state index in [1.54, 1.807) is 6.92 Å². The SMILES string of the molecule is Cc1nc(Cl)sc1S(=O)(=O)NC1CCN(C2CC2)C1. The summed E-state index contributed by atoms with van der Waals surface area (Å²) in [5.74, 6) is 0. The van der Waals surface area contributed by atoms with Crippen molar-refractivity contribution in [3.05, 3.63) is 10.2 Å². The summed E-state index contributed by atoms with van der Waals surface area (Å²) >= 11 is 6.78. The van der Waals surface area contributed by atoms with Gasteiger partial charge in [0, 0.05) is 25.2 Å². The lowest BCUT2D eigenvalue weighted by Crippen LogP contribution is -2.37. The Bertz CT molecular complexity index is 583. The highest BCUT2D eigenvalue weighted by atomic mass is 35.5. The van der Waals surface area contributed by atoms with E-state index < -0.39 is 10.0 Å². The number of hydrogen-bond donors (Lipinski definition) is 1. The molecule has 0 aromatic carbocycles. The van der Waals surface area contributed by atoms with Gasteiger partial charge in [-0.3, -0.25) is 4.90 Å². The standard InChI is InChI=1S/C11H16ClN3O2S2/c1-7-10(18-11(12)13-7)19(16,17)14-8-4-5-15(6-8)9-2-3-9/h8-9,14H,2-6H2,1H3. The van der Waals surface area contributed by atoms with E-state index in [9.17, 15) is 8.42 Å². The van der Waals surface area contributed by atoms with E-state index in [2.05, 4.69) is 14.6 Å². The van der Waals surface area contributed by atoms with Gasteiger partial charge in [0.2, 0.25) is 0 Å². The Hall–Kier alpha value is -0.210. The largest absolute Gasteiger partial charge is 0.299 e. The average Bonchev–Trinajstić information content (AvgIpc) is 2.97. The third-order valence-electron chi connectivity index (χ3n) is 3.58. The van der Waals surface area contributed by atoms with Gasteiger partial charge < -0.3 is 0 Å². The van der Waals surface area contributed by atoms with Crippen LogP contribution in [-0.2, 0) is 10.0 Å². The first-order valence-electron chi connectivity index (χ1n) is 6.35. The number of thiazole rings is 1. The minimum atomic E-state index is -3.49. The van der Waals surface area contributed by atoms with Gasteiger partial charge in [0.25, 0.3) is 10.0 Å². The molecule has 1 N–H and O–H groups in total. The molecule has 1 saturated heterocycles. The number of sulfonamides is 1. The number of halogens is 1. The highest BCUT2D eigenvalue weighted by Gasteiger charge is 2.36. The molecule has 0 amide bonds. The third-order valence-corrected chi connectivity index (χ3v) is 6.97. The van der Waals surface area contributed by atoms with Gasteiger partial charge in [-0.15, -0.1) is 0 Å². The Labute approximate surface area is 122 Å². The van der Waals surface area contributed by atoms with Crippen LogP contribution in [0.3, 0.4) is 0 Å². The molecule has 8 heteroatoms. The van der Waals surface area contributed by atoms with Crippen molar-refractivity contribution in [2.75, 3.05) is 13.1 Å². The van der Waals surface area contributed by atoms with Crippen LogP contribution in [0.4, 0.5) is 0 Å². The summed E-state index contributed by atoms with van der Waals surface area (Å²) in [6.45, 7) is 3.47. The molecule has 0 spiro atoms. The molecular formula is C11H16ClN3O2S2. The van der Waals surface area contributed by atoms with Crippen molar-refractivity contribution in [1.29, 1.82) is 0 Å². The summed E-state index contributed by atoms with van der Waals surface area (Å²) in [4.78, 5) is 6.33. The van der Waals surface area contributed by atoms with Crippen LogP contribution in [0.25, 0.3) is 0 Å². The number of aromatic nitrogens is 1. The second kappa shape index (κ2) is 4.96. The van der Waals surface area contributed by atoms with E-state index in [1.807, 2.05) is 0 Å². The molecule has 0 bridgehead atoms. The maximum Gasteiger partial charge on any atom is 0.252 e. The summed E-state index contributed by atoms with van der Waals surface area (Å²) in [5.41, 5.74) is 0.472. The molecule has 1 aliphatic carbocycles. The summed E-state index contributed by atoms with van der Waals surface area (Å²) in [5, 5.41) is 0. The fourth-order valence-electron chi connectivity index (χ4n) is 2.53. The first-order valence-corrected chi connectivity index (χ1v) is 9.03. The smallest absolute Gasteiger partial charge is 0.252 e. The molecule has 2 fully saturated rings. The molecule has 2 heterocycles. The lowest BCUT2D eigenvalue weighted by Gasteiger charge is -2.15. The Morgan fingerprint density at radius 3 is 2.74 bits per heavy atom. The molecule has 2 aliphatic rings. The molecule has 1 atom stereocenters. The second-order valence-electron chi connectivity index (χ2n) is 5.17. The maximum atomic E-state index is 12.3. The minimum Gasteiger partial charge on any atom is -0.299 e. The molecule has 106 valence electrons. The van der Waals surface area contributed by atoms with Crippen molar-refractivity contribution in [3.8, 4) is 0 Å². The van der Waals surface area contributed by atoms with Crippen LogP contribution in [0.2, 0.25) is 4.47 Å². The first kappa shape index (κ1) is 13.8. The number of nitrogens with zero attached hydrogens (tertiary/aromatic N) is 2. The van der Waals surface area contributed by atoms with Crippen LogP contribution in [0.1, 0.15) is 25.0 Å². The molecule has 5 nitrogen and oxygen atoms in total. The van der Waals surface area contributed by atoms with Gasteiger partial charge in [-0.1, -0.05) is 22.9 Å². The van der Waals surface area contributed by atoms with Gasteiger partial charge >= 0.3 is 0 Å². The topological polar surface area (TPSA) is 62.3 Å². The van der Waals surface area contributed by atoms with Gasteiger partial charge in [-0.25, -0.2) is 18.1 Å². The van der Waals surface area contributed by atoms with Crippen LogP contribution in [-0.4, -0.2) is 43.5 Å². The Kier molecular flexibility index (Phi) is 3.59. The lowest BCUT2D eigenvalue weighted by molar-refractivity contribution is 0.322. The number of hydrogen-bond acceptors (Lipinski definition) is 5. The molecule has 1 unspecified atom stereocenters. The minimum absolute atomic E-state index is 0.00544. The molecular weight excluding hydrogens is 306 g/mol. The highest BCUT2D eigenvalue weighted by Crippen LogP contribution is 2.31. The van der Waals surface area contributed by atoms with Crippen molar-refractivity contribution in [2.45, 2.75) is 42.5 Å². The van der Waals surface area contributed by atoms with E-state index in [4.69, 9.17) is 11.6 Å². The Morgan fingerprint density at radius 1 is 1.42 bits per heavy atom. The quantitative estimate of drug-likeness (QED) is 0.915. The summed E-state index contributed by atoms with van der Waals surface area (Å²) in [6.07, 6.45) is 3.38. The van der Waals surface area contributed by atoms with Crippen LogP contribution >= 0.6 is 22.9 Å². The fourth-order valence-corrected chi connectivity index (χ4v) is 5.54. The normalized spacial score (nSPS) is 25.1. The monoisotopic (exact) mass is 321 g/mol. The van der Waals surface area contributed by atoms with Crippen molar-refractivity contribution in [2.24, 2.45) is 0 Å². The fraction of sp³-hybridized carbons (Fsp3) is 0.727. The van der Waals surface area contributed by atoms with Crippen LogP contribution < -0.4 is 4.72 Å². The maximum absolute atomic E-state index is 12.3. The number of rotatable bonds is 4. The van der Waals surface area contributed by atoms with Gasteiger partial charge in [0.05, 0.1) is 5.69 Å². The van der Waals surface area contributed by atoms with Crippen molar-refractivity contribution < 1.29 is 8.42 Å². The zero-order valence-corrected chi connectivity index (χ0v) is 13.0. The third kappa shape index (κ3) is 2.95. The number of likely N-dealkylation sites (tertiary alicyclic amines) is 1. The summed E-state index contributed by atoms with van der Waals surface area (Å²) < 4.78 is 27.9. The Morgan fingerprint density at radius 2 is 2.16 bits per heavy atom. The molecule has 0 radical (unpaired) electrons. The summed E-state index contributed by atoms with van der Waals surface area (Å²) in [6, 6.07) is 0.694. The van der Waals surface area contributed by atoms with Crippen molar-refractivity contribution in [3.63, 3.8) is 0 Å². The zero-order valence-electron chi connectivity index (χ0n) is 10.6. The summed E-state index contributed by atoms with van der Waals surface area (Å²) in [7, 11) is -3.49. The molecule has 1 aromatic heterocycles. The van der Waals surface area contributed by atoms with Crippen LogP contribution in [0, 0.1) is 6.92 Å². The van der Waals surface area contributed by atoms with Gasteiger partial charge in [-0.05, 0) is 26.2 Å². The number of nitrogens with one attached hydrogen (secondary N) is 1. The van der Waals surface area contributed by atoms with E-state index in [1.165, 1.54) is 12.8 Å². The van der Waals surface area contributed by atoms with Gasteiger partial charge in [-0.2, -0.15) is 0 Å². The van der Waals surface area contributed by atoms with Gasteiger partial charge in [0.1, 0.15) is 0 Å². The van der Waals surface area contributed by atoms with Crippen molar-refractivity contribution >= 4 is 33.0 Å². The molecule has 1 saturated carbocycles. The molecule has 1 aliphatic heterocycles. The van der Waals surface area contributed by atoms with Crippen LogP contribution in [0.5, 0.6) is 0 Å². The second-order valence-corrected chi connectivity index (χ2v) is 8.66. The number of aryl methyl sites for hydroxylation is 1. The molecule has 3 rings (SSSR count). The van der Waals surface area contributed by atoms with E-state index in [-0.39, 0.29) is 14.7 Å². The van der Waals surface area contributed by atoms with E-state index in [0.29, 0.717) is 11.7 Å². The average molecular weight is 322 g/mol. The lowest BCUT2D eigenvalue weighted by atomic mass is 10.3. The van der Waals surface area contributed by atoms with Gasteiger partial charge in [0.15, 0.2) is 8.68 Å².